The number of hydrogen-bond donors (Lipinski definition) is 1. The van der Waals surface area contributed by atoms with Crippen molar-refractivity contribution in [3.05, 3.63) is 12.1 Å². The van der Waals surface area contributed by atoms with Gasteiger partial charge in [-0.15, -0.1) is 10.2 Å². The first-order chi connectivity index (χ1) is 11.5. The van der Waals surface area contributed by atoms with Gasteiger partial charge in [0.15, 0.2) is 15.7 Å². The molecule has 2 fully saturated rings. The lowest BCUT2D eigenvalue weighted by Gasteiger charge is -2.33. The van der Waals surface area contributed by atoms with E-state index in [1.807, 2.05) is 11.0 Å². The quantitative estimate of drug-likeness (QED) is 0.812. The van der Waals surface area contributed by atoms with E-state index in [1.165, 1.54) is 7.11 Å². The second-order valence-corrected chi connectivity index (χ2v) is 8.56. The normalized spacial score (nSPS) is 26.1. The van der Waals surface area contributed by atoms with Gasteiger partial charge in [-0.25, -0.2) is 8.42 Å². The maximum Gasteiger partial charge on any atom is 0.233 e. The molecule has 2 saturated heterocycles. The molecule has 8 nitrogen and oxygen atoms in total. The fourth-order valence-corrected chi connectivity index (χ4v) is 4.89. The fourth-order valence-electron chi connectivity index (χ4n) is 3.22. The van der Waals surface area contributed by atoms with Gasteiger partial charge in [-0.2, -0.15) is 0 Å². The Balaban J connectivity index is 1.59. The topological polar surface area (TPSA) is 101 Å². The predicted octanol–water partition coefficient (Wildman–Crippen LogP) is 0.00490. The maximum absolute atomic E-state index is 12.5. The van der Waals surface area contributed by atoms with Crippen LogP contribution in [0.2, 0.25) is 0 Å². The Morgan fingerprint density at radius 1 is 1.33 bits per heavy atom. The third-order valence-corrected chi connectivity index (χ3v) is 6.30. The van der Waals surface area contributed by atoms with Crippen LogP contribution >= 0.6 is 0 Å². The lowest BCUT2D eigenvalue weighted by atomic mass is 9.96. The van der Waals surface area contributed by atoms with Gasteiger partial charge >= 0.3 is 0 Å². The SMILES string of the molecule is COc1ccc(N2CCC[C@@H](C(=O)N[C@@H]3CCS(=O)(=O)C3)C2)nn1. The summed E-state index contributed by atoms with van der Waals surface area (Å²) in [7, 11) is -1.45. The van der Waals surface area contributed by atoms with Gasteiger partial charge in [0, 0.05) is 25.2 Å². The molecule has 1 aromatic rings. The van der Waals surface area contributed by atoms with Crippen molar-refractivity contribution < 1.29 is 17.9 Å². The number of carbonyl (C=O) groups excluding carboxylic acids is 1. The number of rotatable bonds is 4. The number of carbonyl (C=O) groups is 1. The number of methoxy groups -OCH3 is 1. The Morgan fingerprint density at radius 2 is 2.17 bits per heavy atom. The number of hydrogen-bond acceptors (Lipinski definition) is 7. The molecule has 9 heteroatoms. The zero-order valence-electron chi connectivity index (χ0n) is 13.6. The summed E-state index contributed by atoms with van der Waals surface area (Å²) in [6.45, 7) is 1.38. The minimum absolute atomic E-state index is 0.0547. The predicted molar refractivity (Wildman–Crippen MR) is 88.7 cm³/mol. The van der Waals surface area contributed by atoms with E-state index in [9.17, 15) is 13.2 Å². The fraction of sp³-hybridized carbons (Fsp3) is 0.667. The van der Waals surface area contributed by atoms with E-state index >= 15 is 0 Å². The van der Waals surface area contributed by atoms with Crippen LogP contribution in [0.15, 0.2) is 12.1 Å². The van der Waals surface area contributed by atoms with Gasteiger partial charge in [0.1, 0.15) is 0 Å². The van der Waals surface area contributed by atoms with Crippen molar-refractivity contribution >= 4 is 21.6 Å². The van der Waals surface area contributed by atoms with Crippen molar-refractivity contribution in [2.75, 3.05) is 36.6 Å². The molecule has 0 spiro atoms. The van der Waals surface area contributed by atoms with E-state index in [4.69, 9.17) is 4.74 Å². The number of sulfone groups is 1. The van der Waals surface area contributed by atoms with E-state index in [2.05, 4.69) is 15.5 Å². The van der Waals surface area contributed by atoms with Gasteiger partial charge in [0.2, 0.25) is 11.8 Å². The Labute approximate surface area is 141 Å². The van der Waals surface area contributed by atoms with Gasteiger partial charge in [-0.05, 0) is 25.3 Å². The molecule has 0 radical (unpaired) electrons. The van der Waals surface area contributed by atoms with Crippen molar-refractivity contribution in [3.63, 3.8) is 0 Å². The molecule has 2 aliphatic rings. The molecule has 2 aliphatic heterocycles. The smallest absolute Gasteiger partial charge is 0.233 e. The first kappa shape index (κ1) is 16.9. The summed E-state index contributed by atoms with van der Waals surface area (Å²) in [5, 5.41) is 11.0. The number of nitrogens with one attached hydrogen (secondary N) is 1. The molecule has 3 heterocycles. The van der Waals surface area contributed by atoms with Crippen molar-refractivity contribution in [1.29, 1.82) is 0 Å². The third kappa shape index (κ3) is 3.95. The molecule has 0 saturated carbocycles. The van der Waals surface area contributed by atoms with Crippen LogP contribution in [0.5, 0.6) is 5.88 Å². The molecule has 0 unspecified atom stereocenters. The van der Waals surface area contributed by atoms with Gasteiger partial charge in [-0.3, -0.25) is 4.79 Å². The standard InChI is InChI=1S/C15H22N4O4S/c1-23-14-5-4-13(17-18-14)19-7-2-3-11(9-19)15(20)16-12-6-8-24(21,22)10-12/h4-5,11-12H,2-3,6-10H2,1H3,(H,16,20)/t11-,12-/m1/s1. The van der Waals surface area contributed by atoms with Crippen LogP contribution in [-0.2, 0) is 14.6 Å². The summed E-state index contributed by atoms with van der Waals surface area (Å²) in [6.07, 6.45) is 2.19. The highest BCUT2D eigenvalue weighted by atomic mass is 32.2. The number of anilines is 1. The van der Waals surface area contributed by atoms with Crippen molar-refractivity contribution in [1.82, 2.24) is 15.5 Å². The third-order valence-electron chi connectivity index (χ3n) is 4.53. The van der Waals surface area contributed by atoms with E-state index in [0.29, 0.717) is 18.8 Å². The van der Waals surface area contributed by atoms with Crippen LogP contribution in [0.3, 0.4) is 0 Å². The molecule has 132 valence electrons. The van der Waals surface area contributed by atoms with Crippen molar-refractivity contribution in [3.8, 4) is 5.88 Å². The highest BCUT2D eigenvalue weighted by molar-refractivity contribution is 7.91. The molecule has 1 amide bonds. The first-order valence-electron chi connectivity index (χ1n) is 8.10. The van der Waals surface area contributed by atoms with E-state index in [1.54, 1.807) is 6.07 Å². The molecular weight excluding hydrogens is 332 g/mol. The highest BCUT2D eigenvalue weighted by Gasteiger charge is 2.32. The molecule has 0 bridgehead atoms. The minimum Gasteiger partial charge on any atom is -0.480 e. The van der Waals surface area contributed by atoms with Crippen molar-refractivity contribution in [2.45, 2.75) is 25.3 Å². The average Bonchev–Trinajstić information content (AvgIpc) is 2.93. The number of nitrogens with zero attached hydrogens (tertiary/aromatic N) is 3. The van der Waals surface area contributed by atoms with Crippen LogP contribution in [-0.4, -0.2) is 62.3 Å². The number of amides is 1. The average molecular weight is 354 g/mol. The van der Waals surface area contributed by atoms with Crippen LogP contribution in [0.4, 0.5) is 5.82 Å². The first-order valence-corrected chi connectivity index (χ1v) is 9.92. The summed E-state index contributed by atoms with van der Waals surface area (Å²) in [5.74, 6) is 1.16. The molecular formula is C15H22N4O4S. The molecule has 0 aliphatic carbocycles. The summed E-state index contributed by atoms with van der Waals surface area (Å²) < 4.78 is 28.0. The minimum atomic E-state index is -2.99. The number of aromatic nitrogens is 2. The molecule has 0 aromatic carbocycles. The van der Waals surface area contributed by atoms with Gasteiger partial charge < -0.3 is 15.0 Å². The van der Waals surface area contributed by atoms with Crippen molar-refractivity contribution in [2.24, 2.45) is 5.92 Å². The Morgan fingerprint density at radius 3 is 2.79 bits per heavy atom. The van der Waals surface area contributed by atoms with E-state index in [-0.39, 0.29) is 29.4 Å². The largest absolute Gasteiger partial charge is 0.480 e. The lowest BCUT2D eigenvalue weighted by molar-refractivity contribution is -0.125. The van der Waals surface area contributed by atoms with E-state index < -0.39 is 9.84 Å². The summed E-state index contributed by atoms with van der Waals surface area (Å²) in [6, 6.07) is 3.32. The molecule has 1 N–H and O–H groups in total. The molecule has 24 heavy (non-hydrogen) atoms. The van der Waals surface area contributed by atoms with Crippen LogP contribution in [0.1, 0.15) is 19.3 Å². The Kier molecular flexibility index (Phi) is 4.88. The summed E-state index contributed by atoms with van der Waals surface area (Å²) >= 11 is 0. The monoisotopic (exact) mass is 354 g/mol. The lowest BCUT2D eigenvalue weighted by Crippen LogP contribution is -2.46. The number of piperidine rings is 1. The molecule has 2 atom stereocenters. The maximum atomic E-state index is 12.5. The van der Waals surface area contributed by atoms with Crippen LogP contribution in [0, 0.1) is 5.92 Å². The van der Waals surface area contributed by atoms with Gasteiger partial charge in [0.05, 0.1) is 24.5 Å². The second-order valence-electron chi connectivity index (χ2n) is 6.33. The summed E-state index contributed by atoms with van der Waals surface area (Å²) in [4.78, 5) is 14.5. The summed E-state index contributed by atoms with van der Waals surface area (Å²) in [5.41, 5.74) is 0. The molecule has 1 aromatic heterocycles. The number of ether oxygens (including phenoxy) is 1. The second kappa shape index (κ2) is 6.92. The Bertz CT molecular complexity index is 692. The van der Waals surface area contributed by atoms with Gasteiger partial charge in [0.25, 0.3) is 0 Å². The van der Waals surface area contributed by atoms with Gasteiger partial charge in [-0.1, -0.05) is 0 Å². The highest BCUT2D eigenvalue weighted by Crippen LogP contribution is 2.23. The van der Waals surface area contributed by atoms with Crippen LogP contribution < -0.4 is 15.0 Å². The zero-order chi connectivity index (χ0) is 17.2. The Hall–Kier alpha value is -1.90. The zero-order valence-corrected chi connectivity index (χ0v) is 14.5. The van der Waals surface area contributed by atoms with E-state index in [0.717, 1.165) is 25.2 Å². The molecule has 3 rings (SSSR count). The van der Waals surface area contributed by atoms with Crippen LogP contribution in [0.25, 0.3) is 0 Å².